The zero-order valence-electron chi connectivity index (χ0n) is 15.8. The molecule has 2 fully saturated rings. The van der Waals surface area contributed by atoms with Gasteiger partial charge < -0.3 is 9.80 Å². The summed E-state index contributed by atoms with van der Waals surface area (Å²) >= 11 is 12.4. The zero-order chi connectivity index (χ0) is 20.0. The van der Waals surface area contributed by atoms with Crippen LogP contribution < -0.4 is 9.80 Å². The van der Waals surface area contributed by atoms with E-state index in [2.05, 4.69) is 14.9 Å². The number of rotatable bonds is 2. The highest BCUT2D eigenvalue weighted by atomic mass is 35.5. The fraction of sp³-hybridized carbons (Fsp3) is 0.318. The Hall–Kier alpha value is -2.37. The minimum atomic E-state index is -0.409. The van der Waals surface area contributed by atoms with Gasteiger partial charge in [-0.05, 0) is 49.6 Å². The van der Waals surface area contributed by atoms with Gasteiger partial charge in [0.05, 0.1) is 26.7 Å². The van der Waals surface area contributed by atoms with E-state index in [-0.39, 0.29) is 5.91 Å². The Kier molecular flexibility index (Phi) is 4.60. The van der Waals surface area contributed by atoms with E-state index < -0.39 is 5.41 Å². The molecule has 3 aromatic rings. The van der Waals surface area contributed by atoms with E-state index in [1.165, 1.54) is 0 Å². The van der Waals surface area contributed by atoms with Gasteiger partial charge in [-0.15, -0.1) is 0 Å². The number of amides is 1. The minimum Gasteiger partial charge on any atom is -0.354 e. The molecule has 7 heteroatoms. The molecule has 29 heavy (non-hydrogen) atoms. The van der Waals surface area contributed by atoms with E-state index in [0.717, 1.165) is 42.4 Å². The normalized spacial score (nSPS) is 22.1. The lowest BCUT2D eigenvalue weighted by atomic mass is 9.78. The second-order valence-corrected chi connectivity index (χ2v) is 8.66. The Labute approximate surface area is 179 Å². The molecule has 2 aliphatic rings. The smallest absolute Gasteiger partial charge is 0.235 e. The molecule has 148 valence electrons. The van der Waals surface area contributed by atoms with Crippen LogP contribution in [0.5, 0.6) is 0 Å². The van der Waals surface area contributed by atoms with Crippen LogP contribution in [-0.2, 0) is 4.79 Å². The summed E-state index contributed by atoms with van der Waals surface area (Å²) in [6.45, 7) is 2.17. The van der Waals surface area contributed by atoms with Crippen LogP contribution in [0.4, 0.5) is 11.5 Å². The molecule has 5 nitrogen and oxygen atoms in total. The highest BCUT2D eigenvalue weighted by Crippen LogP contribution is 2.44. The average molecular weight is 427 g/mol. The van der Waals surface area contributed by atoms with E-state index in [9.17, 15) is 4.79 Å². The summed E-state index contributed by atoms with van der Waals surface area (Å²) in [7, 11) is 0. The molecule has 0 radical (unpaired) electrons. The summed E-state index contributed by atoms with van der Waals surface area (Å²) < 4.78 is 0. The van der Waals surface area contributed by atoms with Crippen LogP contribution in [0.25, 0.3) is 10.9 Å². The van der Waals surface area contributed by atoms with Crippen LogP contribution >= 0.6 is 23.2 Å². The topological polar surface area (TPSA) is 49.3 Å². The molecule has 1 atom stereocenters. The molecule has 0 N–H and O–H groups in total. The van der Waals surface area contributed by atoms with Gasteiger partial charge in [-0.2, -0.15) is 0 Å². The van der Waals surface area contributed by atoms with Crippen molar-refractivity contribution in [2.45, 2.75) is 19.3 Å². The molecule has 0 bridgehead atoms. The van der Waals surface area contributed by atoms with Crippen molar-refractivity contribution in [2.24, 2.45) is 5.41 Å². The van der Waals surface area contributed by atoms with Crippen molar-refractivity contribution in [1.82, 2.24) is 9.97 Å². The van der Waals surface area contributed by atoms with E-state index >= 15 is 0 Å². The molecule has 1 amide bonds. The predicted octanol–water partition coefficient (Wildman–Crippen LogP) is 4.96. The first kappa shape index (κ1) is 18.6. The summed E-state index contributed by atoms with van der Waals surface area (Å²) in [6.07, 6.45) is 6.02. The number of fused-ring (bicyclic) bond motifs is 1. The number of carbonyl (C=O) groups excluding carboxylic acids is 1. The molecular formula is C22H20Cl2N4O. The molecular weight excluding hydrogens is 407 g/mol. The molecule has 2 aromatic heterocycles. The fourth-order valence-electron chi connectivity index (χ4n) is 4.70. The van der Waals surface area contributed by atoms with Gasteiger partial charge in [0.15, 0.2) is 0 Å². The van der Waals surface area contributed by atoms with Gasteiger partial charge in [0.25, 0.3) is 0 Å². The minimum absolute atomic E-state index is 0.184. The lowest BCUT2D eigenvalue weighted by Crippen LogP contribution is -2.48. The third-order valence-corrected chi connectivity index (χ3v) is 6.58. The highest BCUT2D eigenvalue weighted by molar-refractivity contribution is 6.36. The Morgan fingerprint density at radius 1 is 1.03 bits per heavy atom. The lowest BCUT2D eigenvalue weighted by Gasteiger charge is -2.40. The van der Waals surface area contributed by atoms with Crippen molar-refractivity contribution >= 4 is 51.5 Å². The zero-order valence-corrected chi connectivity index (χ0v) is 17.3. The fourth-order valence-corrected chi connectivity index (χ4v) is 5.20. The maximum Gasteiger partial charge on any atom is 0.235 e. The quantitative estimate of drug-likeness (QED) is 0.580. The first-order chi connectivity index (χ1) is 14.1. The van der Waals surface area contributed by atoms with Crippen LogP contribution in [0.15, 0.2) is 48.8 Å². The third-order valence-electron chi connectivity index (χ3n) is 6.09. The Balaban J connectivity index is 1.46. The summed E-state index contributed by atoms with van der Waals surface area (Å²) in [5, 5.41) is 2.05. The van der Waals surface area contributed by atoms with Crippen LogP contribution in [0.1, 0.15) is 19.3 Å². The molecule has 5 rings (SSSR count). The standard InChI is InChI=1S/C22H20Cl2N4O/c23-15-12-17(24)20(26-13-15)27-10-3-7-22(14-27)8-11-28(21(22)29)19-6-1-5-18-16(19)4-2-9-25-18/h1-2,4-6,9,12-13H,3,7-8,10-11,14H2/t22-/m1/s1. The van der Waals surface area contributed by atoms with E-state index in [4.69, 9.17) is 23.2 Å². The van der Waals surface area contributed by atoms with Crippen molar-refractivity contribution in [2.75, 3.05) is 29.4 Å². The van der Waals surface area contributed by atoms with E-state index in [1.54, 1.807) is 18.5 Å². The van der Waals surface area contributed by atoms with Gasteiger partial charge in [-0.3, -0.25) is 9.78 Å². The van der Waals surface area contributed by atoms with Gasteiger partial charge in [-0.1, -0.05) is 29.3 Å². The first-order valence-corrected chi connectivity index (χ1v) is 10.5. The van der Waals surface area contributed by atoms with Crippen LogP contribution in [-0.4, -0.2) is 35.5 Å². The number of piperidine rings is 1. The van der Waals surface area contributed by atoms with Crippen LogP contribution in [0, 0.1) is 5.41 Å². The first-order valence-electron chi connectivity index (χ1n) is 9.79. The van der Waals surface area contributed by atoms with Crippen LogP contribution in [0.2, 0.25) is 10.0 Å². The van der Waals surface area contributed by atoms with Crippen molar-refractivity contribution in [3.8, 4) is 0 Å². The number of benzene rings is 1. The number of anilines is 2. The summed E-state index contributed by atoms with van der Waals surface area (Å²) in [4.78, 5) is 26.6. The van der Waals surface area contributed by atoms with Crippen molar-refractivity contribution in [1.29, 1.82) is 0 Å². The number of carbonyl (C=O) groups is 1. The van der Waals surface area contributed by atoms with Gasteiger partial charge >= 0.3 is 0 Å². The molecule has 2 aliphatic heterocycles. The summed E-state index contributed by atoms with van der Waals surface area (Å²) in [5.74, 6) is 0.888. The van der Waals surface area contributed by atoms with Crippen LogP contribution in [0.3, 0.4) is 0 Å². The molecule has 1 aromatic carbocycles. The Bertz CT molecular complexity index is 1100. The maximum absolute atomic E-state index is 13.6. The van der Waals surface area contributed by atoms with Gasteiger partial charge in [0.2, 0.25) is 5.91 Å². The van der Waals surface area contributed by atoms with Crippen molar-refractivity contribution in [3.63, 3.8) is 0 Å². The monoisotopic (exact) mass is 426 g/mol. The lowest BCUT2D eigenvalue weighted by molar-refractivity contribution is -0.126. The third kappa shape index (κ3) is 3.13. The molecule has 0 aliphatic carbocycles. The van der Waals surface area contributed by atoms with E-state index in [1.807, 2.05) is 35.2 Å². The molecule has 0 saturated carbocycles. The van der Waals surface area contributed by atoms with Gasteiger partial charge in [0, 0.05) is 37.4 Å². The van der Waals surface area contributed by atoms with Crippen molar-refractivity contribution in [3.05, 3.63) is 58.8 Å². The van der Waals surface area contributed by atoms with Crippen molar-refractivity contribution < 1.29 is 4.79 Å². The second-order valence-electron chi connectivity index (χ2n) is 7.82. The summed E-state index contributed by atoms with van der Waals surface area (Å²) in [6, 6.07) is 11.6. The molecule has 1 spiro atoms. The number of hydrogen-bond donors (Lipinski definition) is 0. The number of hydrogen-bond acceptors (Lipinski definition) is 4. The van der Waals surface area contributed by atoms with Gasteiger partial charge in [0.1, 0.15) is 5.82 Å². The highest BCUT2D eigenvalue weighted by Gasteiger charge is 2.49. The molecule has 4 heterocycles. The molecule has 0 unspecified atom stereocenters. The second kappa shape index (κ2) is 7.15. The predicted molar refractivity (Wildman–Crippen MR) is 117 cm³/mol. The average Bonchev–Trinajstić information content (AvgIpc) is 3.03. The largest absolute Gasteiger partial charge is 0.354 e. The number of nitrogens with zero attached hydrogens (tertiary/aromatic N) is 4. The SMILES string of the molecule is O=C1N(c2cccc3ncccc23)CC[C@@]12CCCN(c1ncc(Cl)cc1Cl)C2. The Morgan fingerprint density at radius 2 is 1.93 bits per heavy atom. The number of halogens is 2. The molecule has 2 saturated heterocycles. The number of aromatic nitrogens is 2. The Morgan fingerprint density at radius 3 is 2.79 bits per heavy atom. The van der Waals surface area contributed by atoms with E-state index in [0.29, 0.717) is 29.0 Å². The number of pyridine rings is 2. The maximum atomic E-state index is 13.6. The summed E-state index contributed by atoms with van der Waals surface area (Å²) in [5.41, 5.74) is 1.44. The van der Waals surface area contributed by atoms with Gasteiger partial charge in [-0.25, -0.2) is 4.98 Å².